The van der Waals surface area contributed by atoms with Crippen LogP contribution in [0.25, 0.3) is 0 Å². The van der Waals surface area contributed by atoms with Gasteiger partial charge >= 0.3 is 12.1 Å². The number of carbonyl (C=O) groups is 2. The number of amides is 1. The van der Waals surface area contributed by atoms with Gasteiger partial charge in [-0.1, -0.05) is 26.2 Å². The third kappa shape index (κ3) is 9.10. The molecule has 0 bridgehead atoms. The maximum absolute atomic E-state index is 11.5. The van der Waals surface area contributed by atoms with Crippen LogP contribution in [0.5, 0.6) is 0 Å². The molecular weight excluding hydrogens is 258 g/mol. The highest BCUT2D eigenvalue weighted by Gasteiger charge is 2.17. The summed E-state index contributed by atoms with van der Waals surface area (Å²) in [6.07, 6.45) is 3.51. The van der Waals surface area contributed by atoms with Crippen molar-refractivity contribution in [3.8, 4) is 0 Å². The van der Waals surface area contributed by atoms with Gasteiger partial charge < -0.3 is 14.8 Å². The van der Waals surface area contributed by atoms with Crippen LogP contribution < -0.4 is 5.32 Å². The van der Waals surface area contributed by atoms with Crippen molar-refractivity contribution < 1.29 is 19.1 Å². The van der Waals surface area contributed by atoms with Gasteiger partial charge in [-0.25, -0.2) is 9.59 Å². The summed E-state index contributed by atoms with van der Waals surface area (Å²) in [5, 5.41) is 2.37. The molecule has 1 N–H and O–H groups in total. The molecule has 1 amide bonds. The lowest BCUT2D eigenvalue weighted by molar-refractivity contribution is -0.145. The lowest BCUT2D eigenvalue weighted by Gasteiger charge is -2.13. The molecule has 0 fully saturated rings. The van der Waals surface area contributed by atoms with Gasteiger partial charge in [0.1, 0.15) is 12.6 Å². The highest BCUT2D eigenvalue weighted by molar-refractivity contribution is 6.18. The van der Waals surface area contributed by atoms with Crippen LogP contribution in [-0.2, 0) is 14.3 Å². The number of alkyl halides is 1. The summed E-state index contributed by atoms with van der Waals surface area (Å²) >= 11 is 5.36. The van der Waals surface area contributed by atoms with Gasteiger partial charge in [-0.05, 0) is 13.3 Å². The predicted octanol–water partition coefficient (Wildman–Crippen LogP) is 2.46. The largest absolute Gasteiger partial charge is 0.464 e. The fraction of sp³-hybridized carbons (Fsp3) is 0.833. The summed E-state index contributed by atoms with van der Waals surface area (Å²) in [5.74, 6) is -0.224. The van der Waals surface area contributed by atoms with Crippen molar-refractivity contribution in [2.45, 2.75) is 45.6 Å². The summed E-state index contributed by atoms with van der Waals surface area (Å²) < 4.78 is 9.70. The first-order chi connectivity index (χ1) is 8.61. The molecule has 0 heterocycles. The summed E-state index contributed by atoms with van der Waals surface area (Å²) in [6.45, 7) is 4.18. The average Bonchev–Trinajstić information content (AvgIpc) is 2.35. The van der Waals surface area contributed by atoms with Crippen molar-refractivity contribution in [2.75, 3.05) is 19.1 Å². The van der Waals surface area contributed by atoms with Crippen molar-refractivity contribution in [1.29, 1.82) is 0 Å². The third-order valence-corrected chi connectivity index (χ3v) is 2.39. The van der Waals surface area contributed by atoms with E-state index in [4.69, 9.17) is 16.3 Å². The van der Waals surface area contributed by atoms with E-state index in [2.05, 4.69) is 17.0 Å². The van der Waals surface area contributed by atoms with E-state index in [0.717, 1.165) is 25.7 Å². The molecule has 0 radical (unpaired) electrons. The molecule has 0 saturated heterocycles. The maximum atomic E-state index is 11.5. The average molecular weight is 280 g/mol. The number of nitrogens with one attached hydrogen (secondary N) is 1. The molecule has 0 aliphatic rings. The lowest BCUT2D eigenvalue weighted by Crippen LogP contribution is -2.40. The number of esters is 1. The number of alkyl carbamates (subject to hydrolysis) is 1. The van der Waals surface area contributed by atoms with E-state index < -0.39 is 18.1 Å². The van der Waals surface area contributed by atoms with E-state index >= 15 is 0 Å². The molecule has 0 aromatic carbocycles. The summed E-state index contributed by atoms with van der Waals surface area (Å²) in [6, 6.07) is -0.709. The second-order valence-corrected chi connectivity index (χ2v) is 4.30. The van der Waals surface area contributed by atoms with Crippen molar-refractivity contribution in [1.82, 2.24) is 5.32 Å². The van der Waals surface area contributed by atoms with Gasteiger partial charge in [-0.15, -0.1) is 11.6 Å². The van der Waals surface area contributed by atoms with Gasteiger partial charge in [-0.2, -0.15) is 0 Å². The molecule has 18 heavy (non-hydrogen) atoms. The minimum Gasteiger partial charge on any atom is -0.464 e. The smallest absolute Gasteiger partial charge is 0.407 e. The molecule has 1 atom stereocenters. The Morgan fingerprint density at radius 1 is 1.17 bits per heavy atom. The second kappa shape index (κ2) is 11.1. The van der Waals surface area contributed by atoms with Crippen molar-refractivity contribution in [2.24, 2.45) is 0 Å². The van der Waals surface area contributed by atoms with Gasteiger partial charge in [0.2, 0.25) is 0 Å². The second-order valence-electron chi connectivity index (χ2n) is 3.92. The SMILES string of the molecule is CCCCCCOC(=O)C(C)NC(=O)OCCCl. The predicted molar refractivity (Wildman–Crippen MR) is 69.8 cm³/mol. The molecule has 0 aliphatic carbocycles. The number of unbranched alkanes of at least 4 members (excludes halogenated alkanes) is 3. The number of hydrogen-bond donors (Lipinski definition) is 1. The lowest BCUT2D eigenvalue weighted by atomic mass is 10.2. The van der Waals surface area contributed by atoms with Crippen LogP contribution in [0.1, 0.15) is 39.5 Å². The Labute approximate surface area is 113 Å². The third-order valence-electron chi connectivity index (χ3n) is 2.24. The maximum Gasteiger partial charge on any atom is 0.407 e. The Morgan fingerprint density at radius 2 is 1.89 bits per heavy atom. The van der Waals surface area contributed by atoms with E-state index in [0.29, 0.717) is 6.61 Å². The normalized spacial score (nSPS) is 11.7. The molecule has 0 saturated carbocycles. The number of hydrogen-bond acceptors (Lipinski definition) is 4. The Hall–Kier alpha value is -0.970. The Morgan fingerprint density at radius 3 is 2.50 bits per heavy atom. The highest BCUT2D eigenvalue weighted by atomic mass is 35.5. The van der Waals surface area contributed by atoms with E-state index in [1.54, 1.807) is 6.92 Å². The Balaban J connectivity index is 3.65. The molecule has 5 nitrogen and oxygen atoms in total. The molecule has 0 aromatic heterocycles. The number of ether oxygens (including phenoxy) is 2. The zero-order valence-corrected chi connectivity index (χ0v) is 11.8. The monoisotopic (exact) mass is 279 g/mol. The van der Waals surface area contributed by atoms with Crippen LogP contribution in [0, 0.1) is 0 Å². The molecule has 0 aliphatic heterocycles. The van der Waals surface area contributed by atoms with E-state index in [-0.39, 0.29) is 12.5 Å². The number of rotatable bonds is 9. The van der Waals surface area contributed by atoms with Gasteiger partial charge in [0.25, 0.3) is 0 Å². The van der Waals surface area contributed by atoms with Gasteiger partial charge in [0.05, 0.1) is 12.5 Å². The summed E-state index contributed by atoms with van der Waals surface area (Å²) in [7, 11) is 0. The molecule has 106 valence electrons. The van der Waals surface area contributed by atoms with Crippen LogP contribution >= 0.6 is 11.6 Å². The number of halogens is 1. The van der Waals surface area contributed by atoms with Crippen LogP contribution in [0.4, 0.5) is 4.79 Å². The quantitative estimate of drug-likeness (QED) is 0.400. The topological polar surface area (TPSA) is 64.6 Å². The minimum absolute atomic E-state index is 0.117. The first-order valence-corrected chi connectivity index (χ1v) is 6.81. The van der Waals surface area contributed by atoms with Gasteiger partial charge in [0.15, 0.2) is 0 Å². The van der Waals surface area contributed by atoms with Crippen LogP contribution in [0.15, 0.2) is 0 Å². The molecule has 0 spiro atoms. The van der Waals surface area contributed by atoms with Crippen LogP contribution in [0.3, 0.4) is 0 Å². The standard InChI is InChI=1S/C12H22ClNO4/c1-3-4-5-6-8-17-11(15)10(2)14-12(16)18-9-7-13/h10H,3-9H2,1-2H3,(H,14,16). The fourth-order valence-electron chi connectivity index (χ4n) is 1.24. The first kappa shape index (κ1) is 17.0. The van der Waals surface area contributed by atoms with E-state index in [9.17, 15) is 9.59 Å². The fourth-order valence-corrected chi connectivity index (χ4v) is 1.31. The van der Waals surface area contributed by atoms with Crippen molar-refractivity contribution >= 4 is 23.7 Å². The molecule has 0 aromatic rings. The summed E-state index contributed by atoms with van der Waals surface area (Å²) in [5.41, 5.74) is 0. The van der Waals surface area contributed by atoms with Gasteiger partial charge in [0, 0.05) is 0 Å². The number of carbonyl (C=O) groups excluding carboxylic acids is 2. The summed E-state index contributed by atoms with van der Waals surface area (Å²) in [4.78, 5) is 22.6. The first-order valence-electron chi connectivity index (χ1n) is 6.27. The van der Waals surface area contributed by atoms with E-state index in [1.807, 2.05) is 0 Å². The molecule has 6 heteroatoms. The zero-order valence-electron chi connectivity index (χ0n) is 11.0. The van der Waals surface area contributed by atoms with E-state index in [1.165, 1.54) is 0 Å². The zero-order chi connectivity index (χ0) is 13.8. The molecule has 0 rings (SSSR count). The van der Waals surface area contributed by atoms with Crippen molar-refractivity contribution in [3.63, 3.8) is 0 Å². The van der Waals surface area contributed by atoms with Gasteiger partial charge in [-0.3, -0.25) is 0 Å². The Kier molecular flexibility index (Phi) is 10.5. The Bertz CT molecular complexity index is 248. The highest BCUT2D eigenvalue weighted by Crippen LogP contribution is 2.00. The molecular formula is C12H22ClNO4. The van der Waals surface area contributed by atoms with Crippen LogP contribution in [0.2, 0.25) is 0 Å². The van der Waals surface area contributed by atoms with Crippen molar-refractivity contribution in [3.05, 3.63) is 0 Å². The van der Waals surface area contributed by atoms with Crippen LogP contribution in [-0.4, -0.2) is 37.2 Å². The minimum atomic E-state index is -0.709. The molecule has 1 unspecified atom stereocenters.